The molecule has 0 saturated carbocycles. The molecule has 0 aliphatic rings. The standard InChI is InChI=1S/C21H28N2O2/c1-5-16(2)18-8-10-19(11-9-18)22-21(24)15-23(3)14-17-6-12-20(25-4)13-7-17/h6-13,16H,5,14-15H2,1-4H3,(H,22,24)/p+1/t16-/m1/s1. The average Bonchev–Trinajstić information content (AvgIpc) is 2.62. The predicted molar refractivity (Wildman–Crippen MR) is 102 cm³/mol. The highest BCUT2D eigenvalue weighted by Gasteiger charge is 2.11. The summed E-state index contributed by atoms with van der Waals surface area (Å²) in [5.74, 6) is 1.42. The Labute approximate surface area is 150 Å². The van der Waals surface area contributed by atoms with Crippen molar-refractivity contribution in [2.24, 2.45) is 0 Å². The van der Waals surface area contributed by atoms with E-state index in [2.05, 4.69) is 31.3 Å². The van der Waals surface area contributed by atoms with Gasteiger partial charge in [0, 0.05) is 11.3 Å². The number of rotatable bonds is 8. The number of nitrogens with one attached hydrogen (secondary N) is 2. The first-order valence-electron chi connectivity index (χ1n) is 8.85. The van der Waals surface area contributed by atoms with Crippen LogP contribution in [-0.2, 0) is 11.3 Å². The van der Waals surface area contributed by atoms with Gasteiger partial charge in [0.1, 0.15) is 12.3 Å². The number of methoxy groups -OCH3 is 1. The lowest BCUT2D eigenvalue weighted by molar-refractivity contribution is -0.885. The van der Waals surface area contributed by atoms with Crippen molar-refractivity contribution in [3.63, 3.8) is 0 Å². The highest BCUT2D eigenvalue weighted by atomic mass is 16.5. The Morgan fingerprint density at radius 3 is 2.32 bits per heavy atom. The fraction of sp³-hybridized carbons (Fsp3) is 0.381. The second-order valence-corrected chi connectivity index (χ2v) is 6.64. The molecular weight excluding hydrogens is 312 g/mol. The Bertz CT molecular complexity index is 665. The number of carbonyl (C=O) groups is 1. The van der Waals surface area contributed by atoms with Crippen LogP contribution in [0, 0.1) is 0 Å². The van der Waals surface area contributed by atoms with Gasteiger partial charge in [-0.15, -0.1) is 0 Å². The van der Waals surface area contributed by atoms with Crippen LogP contribution in [-0.4, -0.2) is 26.6 Å². The smallest absolute Gasteiger partial charge is 0.279 e. The normalized spacial score (nSPS) is 13.1. The average molecular weight is 341 g/mol. The van der Waals surface area contributed by atoms with E-state index in [1.165, 1.54) is 11.1 Å². The van der Waals surface area contributed by atoms with Crippen molar-refractivity contribution in [3.05, 3.63) is 59.7 Å². The lowest BCUT2D eigenvalue weighted by Crippen LogP contribution is -3.08. The van der Waals surface area contributed by atoms with Gasteiger partial charge in [0.05, 0.1) is 14.2 Å². The third-order valence-electron chi connectivity index (χ3n) is 4.50. The maximum absolute atomic E-state index is 12.2. The molecule has 134 valence electrons. The monoisotopic (exact) mass is 341 g/mol. The van der Waals surface area contributed by atoms with Crippen molar-refractivity contribution in [1.82, 2.24) is 0 Å². The second kappa shape index (κ2) is 9.23. The molecule has 2 aromatic rings. The van der Waals surface area contributed by atoms with E-state index in [0.717, 1.165) is 29.3 Å². The molecule has 0 radical (unpaired) electrons. The van der Waals surface area contributed by atoms with Crippen LogP contribution < -0.4 is 15.0 Å². The van der Waals surface area contributed by atoms with Gasteiger partial charge in [-0.25, -0.2) is 0 Å². The fourth-order valence-electron chi connectivity index (χ4n) is 2.76. The van der Waals surface area contributed by atoms with Crippen molar-refractivity contribution in [1.29, 1.82) is 0 Å². The zero-order valence-corrected chi connectivity index (χ0v) is 15.6. The Morgan fingerprint density at radius 2 is 1.76 bits per heavy atom. The summed E-state index contributed by atoms with van der Waals surface area (Å²) in [4.78, 5) is 13.4. The van der Waals surface area contributed by atoms with Crippen molar-refractivity contribution in [2.75, 3.05) is 26.0 Å². The van der Waals surface area contributed by atoms with E-state index in [0.29, 0.717) is 12.5 Å². The molecular formula is C21H29N2O2+. The highest BCUT2D eigenvalue weighted by Crippen LogP contribution is 2.20. The molecule has 2 atom stereocenters. The molecule has 2 rings (SSSR count). The van der Waals surface area contributed by atoms with Gasteiger partial charge in [-0.05, 0) is 54.3 Å². The molecule has 0 heterocycles. The summed E-state index contributed by atoms with van der Waals surface area (Å²) in [6.07, 6.45) is 1.12. The van der Waals surface area contributed by atoms with Crippen LogP contribution in [0.2, 0.25) is 0 Å². The minimum atomic E-state index is 0.0299. The molecule has 2 aromatic carbocycles. The number of hydrogen-bond acceptors (Lipinski definition) is 2. The summed E-state index contributed by atoms with van der Waals surface area (Å²) in [6, 6.07) is 16.1. The summed E-state index contributed by atoms with van der Waals surface area (Å²) in [7, 11) is 3.68. The number of amides is 1. The van der Waals surface area contributed by atoms with Crippen molar-refractivity contribution >= 4 is 11.6 Å². The molecule has 0 spiro atoms. The van der Waals surface area contributed by atoms with Crippen LogP contribution in [0.3, 0.4) is 0 Å². The van der Waals surface area contributed by atoms with Gasteiger partial charge >= 0.3 is 0 Å². The SMILES string of the molecule is CC[C@@H](C)c1ccc(NC(=O)C[NH+](C)Cc2ccc(OC)cc2)cc1. The number of ether oxygens (including phenoxy) is 1. The van der Waals surface area contributed by atoms with E-state index in [-0.39, 0.29) is 5.91 Å². The number of carbonyl (C=O) groups excluding carboxylic acids is 1. The van der Waals surface area contributed by atoms with Gasteiger partial charge in [0.15, 0.2) is 6.54 Å². The van der Waals surface area contributed by atoms with Crippen LogP contribution >= 0.6 is 0 Å². The third kappa shape index (κ3) is 5.91. The summed E-state index contributed by atoms with van der Waals surface area (Å²) >= 11 is 0. The van der Waals surface area contributed by atoms with Gasteiger partial charge < -0.3 is 15.0 Å². The number of anilines is 1. The van der Waals surface area contributed by atoms with Crippen LogP contribution in [0.1, 0.15) is 37.3 Å². The molecule has 0 fully saturated rings. The van der Waals surface area contributed by atoms with Crippen molar-refractivity contribution in [3.8, 4) is 5.75 Å². The van der Waals surface area contributed by atoms with Crippen LogP contribution in [0.25, 0.3) is 0 Å². The van der Waals surface area contributed by atoms with Crippen molar-refractivity contribution in [2.45, 2.75) is 32.7 Å². The number of likely N-dealkylation sites (N-methyl/N-ethyl adjacent to an activating group) is 1. The topological polar surface area (TPSA) is 42.8 Å². The van der Waals surface area contributed by atoms with E-state index in [1.807, 2.05) is 43.4 Å². The van der Waals surface area contributed by atoms with Crippen molar-refractivity contribution < 1.29 is 14.4 Å². The molecule has 4 heteroatoms. The Kier molecular flexibility index (Phi) is 7.02. The highest BCUT2D eigenvalue weighted by molar-refractivity contribution is 5.91. The summed E-state index contributed by atoms with van der Waals surface area (Å²) in [5.41, 5.74) is 3.35. The molecule has 25 heavy (non-hydrogen) atoms. The molecule has 0 saturated heterocycles. The molecule has 0 aliphatic heterocycles. The quantitative estimate of drug-likeness (QED) is 0.775. The summed E-state index contributed by atoms with van der Waals surface area (Å²) in [6.45, 7) is 5.62. The van der Waals surface area contributed by atoms with Crippen LogP contribution in [0.15, 0.2) is 48.5 Å². The lowest BCUT2D eigenvalue weighted by Gasteiger charge is -2.15. The van der Waals surface area contributed by atoms with Gasteiger partial charge in [-0.2, -0.15) is 0 Å². The molecule has 4 nitrogen and oxygen atoms in total. The van der Waals surface area contributed by atoms with Gasteiger partial charge in [-0.1, -0.05) is 26.0 Å². The summed E-state index contributed by atoms with van der Waals surface area (Å²) in [5, 5.41) is 2.98. The number of hydrogen-bond donors (Lipinski definition) is 2. The number of benzene rings is 2. The van der Waals surface area contributed by atoms with E-state index < -0.39 is 0 Å². The van der Waals surface area contributed by atoms with E-state index in [9.17, 15) is 4.79 Å². The molecule has 2 N–H and O–H groups in total. The van der Waals surface area contributed by atoms with Gasteiger partial charge in [-0.3, -0.25) is 4.79 Å². The second-order valence-electron chi connectivity index (χ2n) is 6.64. The first kappa shape index (κ1) is 19.0. The van der Waals surface area contributed by atoms with E-state index >= 15 is 0 Å². The Morgan fingerprint density at radius 1 is 1.12 bits per heavy atom. The first-order chi connectivity index (χ1) is 12.0. The molecule has 0 aliphatic carbocycles. The maximum Gasteiger partial charge on any atom is 0.279 e. The molecule has 0 aromatic heterocycles. The van der Waals surface area contributed by atoms with Gasteiger partial charge in [0.2, 0.25) is 0 Å². The third-order valence-corrected chi connectivity index (χ3v) is 4.50. The van der Waals surface area contributed by atoms with E-state index in [1.54, 1.807) is 7.11 Å². The minimum absolute atomic E-state index is 0.0299. The fourth-order valence-corrected chi connectivity index (χ4v) is 2.76. The summed E-state index contributed by atoms with van der Waals surface area (Å²) < 4.78 is 5.16. The molecule has 0 bridgehead atoms. The Hall–Kier alpha value is -2.33. The zero-order valence-electron chi connectivity index (χ0n) is 15.6. The largest absolute Gasteiger partial charge is 0.497 e. The van der Waals surface area contributed by atoms with E-state index in [4.69, 9.17) is 4.74 Å². The number of quaternary nitrogens is 1. The predicted octanol–water partition coefficient (Wildman–Crippen LogP) is 2.86. The van der Waals surface area contributed by atoms with Gasteiger partial charge in [0.25, 0.3) is 5.91 Å². The zero-order chi connectivity index (χ0) is 18.2. The molecule has 1 unspecified atom stereocenters. The van der Waals surface area contributed by atoms with Crippen LogP contribution in [0.5, 0.6) is 5.75 Å². The Balaban J connectivity index is 1.84. The van der Waals surface area contributed by atoms with Crippen LogP contribution in [0.4, 0.5) is 5.69 Å². The lowest BCUT2D eigenvalue weighted by atomic mass is 9.99. The maximum atomic E-state index is 12.2. The minimum Gasteiger partial charge on any atom is -0.497 e. The molecule has 1 amide bonds. The first-order valence-corrected chi connectivity index (χ1v) is 8.85.